The fourth-order valence-corrected chi connectivity index (χ4v) is 3.88. The number of benzene rings is 2. The maximum Gasteiger partial charge on any atom is 0.340 e. The van der Waals surface area contributed by atoms with Gasteiger partial charge in [0.2, 0.25) is 11.7 Å². The summed E-state index contributed by atoms with van der Waals surface area (Å²) in [5.74, 6) is 0.608. The van der Waals surface area contributed by atoms with Crippen molar-refractivity contribution in [2.45, 2.75) is 25.7 Å². The summed E-state index contributed by atoms with van der Waals surface area (Å²) in [6, 6.07) is 13.9. The molecule has 1 saturated heterocycles. The van der Waals surface area contributed by atoms with E-state index in [0.29, 0.717) is 53.9 Å². The van der Waals surface area contributed by atoms with Gasteiger partial charge in [0.25, 0.3) is 0 Å². The predicted molar refractivity (Wildman–Crippen MR) is 120 cm³/mol. The Morgan fingerprint density at radius 1 is 1.16 bits per heavy atom. The summed E-state index contributed by atoms with van der Waals surface area (Å²) in [4.78, 5) is 31.1. The van der Waals surface area contributed by atoms with Crippen LogP contribution in [0.5, 0.6) is 0 Å². The Kier molecular flexibility index (Phi) is 6.70. The van der Waals surface area contributed by atoms with E-state index in [-0.39, 0.29) is 18.6 Å². The maximum atomic E-state index is 12.8. The van der Waals surface area contributed by atoms with Gasteiger partial charge < -0.3 is 19.5 Å². The molecule has 1 aliphatic rings. The molecule has 0 atom stereocenters. The number of nitrogens with one attached hydrogen (secondary N) is 1. The van der Waals surface area contributed by atoms with E-state index in [2.05, 4.69) is 15.5 Å². The lowest BCUT2D eigenvalue weighted by molar-refractivity contribution is 0.0527. The molecule has 1 N–H and O–H groups in total. The minimum Gasteiger partial charge on any atom is -0.462 e. The van der Waals surface area contributed by atoms with Gasteiger partial charge >= 0.3 is 12.0 Å². The summed E-state index contributed by atoms with van der Waals surface area (Å²) in [5, 5.41) is 7.46. The third-order valence-corrected chi connectivity index (χ3v) is 5.68. The zero-order chi connectivity index (χ0) is 22.5. The average Bonchev–Trinajstić information content (AvgIpc) is 3.30. The number of rotatable bonds is 5. The Morgan fingerprint density at radius 3 is 2.62 bits per heavy atom. The summed E-state index contributed by atoms with van der Waals surface area (Å²) >= 11 is 6.22. The van der Waals surface area contributed by atoms with Crippen molar-refractivity contribution < 1.29 is 18.8 Å². The largest absolute Gasteiger partial charge is 0.462 e. The molecule has 1 fully saturated rings. The normalized spacial score (nSPS) is 14.2. The van der Waals surface area contributed by atoms with Gasteiger partial charge in [-0.1, -0.05) is 41.0 Å². The van der Waals surface area contributed by atoms with Gasteiger partial charge in [0, 0.05) is 24.6 Å². The van der Waals surface area contributed by atoms with Crippen LogP contribution >= 0.6 is 11.6 Å². The van der Waals surface area contributed by atoms with E-state index in [1.165, 1.54) is 0 Å². The number of piperidine rings is 1. The van der Waals surface area contributed by atoms with Crippen molar-refractivity contribution in [3.05, 3.63) is 65.0 Å². The van der Waals surface area contributed by atoms with Crippen LogP contribution in [0.25, 0.3) is 11.4 Å². The fraction of sp³-hybridized carbons (Fsp3) is 0.304. The standard InChI is InChI=1S/C23H23ClN4O4/c1-2-31-22(29)17-8-4-6-10-19(17)25-23(30)28-13-11-15(12-14-28)21-26-20(27-32-21)16-7-3-5-9-18(16)24/h3-10,15H,2,11-14H2,1H3,(H,25,30). The highest BCUT2D eigenvalue weighted by Gasteiger charge is 2.28. The molecular formula is C23H23ClN4O4. The zero-order valence-electron chi connectivity index (χ0n) is 17.6. The van der Waals surface area contributed by atoms with Crippen molar-refractivity contribution in [1.29, 1.82) is 0 Å². The number of esters is 1. The number of hydrogen-bond acceptors (Lipinski definition) is 6. The van der Waals surface area contributed by atoms with Crippen molar-refractivity contribution in [1.82, 2.24) is 15.0 Å². The Hall–Kier alpha value is -3.39. The smallest absolute Gasteiger partial charge is 0.340 e. The van der Waals surface area contributed by atoms with Crippen molar-refractivity contribution in [3.8, 4) is 11.4 Å². The average molecular weight is 455 g/mol. The van der Waals surface area contributed by atoms with E-state index < -0.39 is 5.97 Å². The van der Waals surface area contributed by atoms with Crippen LogP contribution in [0.2, 0.25) is 5.02 Å². The predicted octanol–water partition coefficient (Wildman–Crippen LogP) is 4.98. The number of hydrogen-bond donors (Lipinski definition) is 1. The molecule has 1 aliphatic heterocycles. The van der Waals surface area contributed by atoms with E-state index in [4.69, 9.17) is 20.9 Å². The number of aromatic nitrogens is 2. The number of para-hydroxylation sites is 1. The second-order valence-electron chi connectivity index (χ2n) is 7.39. The quantitative estimate of drug-likeness (QED) is 0.546. The molecule has 2 aromatic carbocycles. The molecule has 0 saturated carbocycles. The Balaban J connectivity index is 1.37. The molecule has 166 valence electrons. The number of carbonyl (C=O) groups is 2. The highest BCUT2D eigenvalue weighted by Crippen LogP contribution is 2.31. The number of halogens is 1. The van der Waals surface area contributed by atoms with Crippen LogP contribution in [0, 0.1) is 0 Å². The van der Waals surface area contributed by atoms with Crippen LogP contribution in [-0.4, -0.2) is 46.7 Å². The van der Waals surface area contributed by atoms with Crippen molar-refractivity contribution in [2.75, 3.05) is 25.0 Å². The molecule has 3 aromatic rings. The molecule has 4 rings (SSSR count). The zero-order valence-corrected chi connectivity index (χ0v) is 18.3. The minimum atomic E-state index is -0.465. The van der Waals surface area contributed by atoms with E-state index in [1.54, 1.807) is 42.2 Å². The van der Waals surface area contributed by atoms with Gasteiger partial charge in [-0.2, -0.15) is 4.98 Å². The highest BCUT2D eigenvalue weighted by atomic mass is 35.5. The number of ether oxygens (including phenoxy) is 1. The molecule has 0 aliphatic carbocycles. The maximum absolute atomic E-state index is 12.8. The summed E-state index contributed by atoms with van der Waals surface area (Å²) in [7, 11) is 0. The second-order valence-corrected chi connectivity index (χ2v) is 7.80. The molecule has 0 spiro atoms. The lowest BCUT2D eigenvalue weighted by Gasteiger charge is -2.30. The van der Waals surface area contributed by atoms with Gasteiger partial charge in [-0.3, -0.25) is 0 Å². The van der Waals surface area contributed by atoms with Crippen LogP contribution < -0.4 is 5.32 Å². The number of carbonyl (C=O) groups excluding carboxylic acids is 2. The van der Waals surface area contributed by atoms with E-state index in [9.17, 15) is 9.59 Å². The molecule has 8 nitrogen and oxygen atoms in total. The highest BCUT2D eigenvalue weighted by molar-refractivity contribution is 6.33. The van der Waals surface area contributed by atoms with Crippen LogP contribution in [0.1, 0.15) is 41.9 Å². The number of urea groups is 1. The summed E-state index contributed by atoms with van der Waals surface area (Å²) in [5.41, 5.74) is 1.48. The minimum absolute atomic E-state index is 0.0644. The molecule has 32 heavy (non-hydrogen) atoms. The van der Waals surface area contributed by atoms with Gasteiger partial charge in [-0.25, -0.2) is 9.59 Å². The van der Waals surface area contributed by atoms with Crippen LogP contribution in [0.3, 0.4) is 0 Å². The number of likely N-dealkylation sites (tertiary alicyclic amines) is 1. The molecule has 2 heterocycles. The first-order chi connectivity index (χ1) is 15.6. The molecule has 0 radical (unpaired) electrons. The summed E-state index contributed by atoms with van der Waals surface area (Å²) in [6.07, 6.45) is 1.38. The lowest BCUT2D eigenvalue weighted by atomic mass is 9.97. The van der Waals surface area contributed by atoms with Crippen molar-refractivity contribution in [2.24, 2.45) is 0 Å². The molecule has 0 unspecified atom stereocenters. The van der Waals surface area contributed by atoms with Gasteiger partial charge in [0.15, 0.2) is 0 Å². The number of amides is 2. The van der Waals surface area contributed by atoms with Gasteiger partial charge in [0.1, 0.15) is 0 Å². The molecule has 1 aromatic heterocycles. The van der Waals surface area contributed by atoms with Crippen molar-refractivity contribution >= 4 is 29.3 Å². The fourth-order valence-electron chi connectivity index (χ4n) is 3.66. The van der Waals surface area contributed by atoms with Crippen LogP contribution in [0.15, 0.2) is 53.1 Å². The number of nitrogens with zero attached hydrogens (tertiary/aromatic N) is 3. The van der Waals surface area contributed by atoms with E-state index in [0.717, 1.165) is 5.56 Å². The van der Waals surface area contributed by atoms with Gasteiger partial charge in [0.05, 0.1) is 22.9 Å². The lowest BCUT2D eigenvalue weighted by Crippen LogP contribution is -2.40. The monoisotopic (exact) mass is 454 g/mol. The topological polar surface area (TPSA) is 97.6 Å². The number of anilines is 1. The van der Waals surface area contributed by atoms with E-state index in [1.807, 2.05) is 18.2 Å². The van der Waals surface area contributed by atoms with Gasteiger partial charge in [-0.05, 0) is 44.0 Å². The first kappa shape index (κ1) is 21.8. The SMILES string of the molecule is CCOC(=O)c1ccccc1NC(=O)N1CCC(c2nc(-c3ccccc3Cl)no2)CC1. The second kappa shape index (κ2) is 9.82. The first-order valence-corrected chi connectivity index (χ1v) is 10.8. The third kappa shape index (κ3) is 4.75. The molecule has 9 heteroatoms. The summed E-state index contributed by atoms with van der Waals surface area (Å²) < 4.78 is 10.5. The Bertz CT molecular complexity index is 1110. The molecular weight excluding hydrogens is 432 g/mol. The van der Waals surface area contributed by atoms with Crippen LogP contribution in [0.4, 0.5) is 10.5 Å². The Morgan fingerprint density at radius 2 is 1.88 bits per heavy atom. The molecule has 0 bridgehead atoms. The summed E-state index contributed by atoms with van der Waals surface area (Å²) in [6.45, 7) is 3.07. The van der Waals surface area contributed by atoms with Crippen LogP contribution in [-0.2, 0) is 4.74 Å². The van der Waals surface area contributed by atoms with Crippen molar-refractivity contribution in [3.63, 3.8) is 0 Å². The third-order valence-electron chi connectivity index (χ3n) is 5.35. The van der Waals surface area contributed by atoms with E-state index >= 15 is 0 Å². The molecule has 2 amide bonds. The first-order valence-electron chi connectivity index (χ1n) is 10.5. The Labute approximate surface area is 190 Å². The van der Waals surface area contributed by atoms with Gasteiger partial charge in [-0.15, -0.1) is 0 Å².